The first-order valence-corrected chi connectivity index (χ1v) is 8.67. The van der Waals surface area contributed by atoms with Crippen LogP contribution in [0.4, 0.5) is 0 Å². The number of benzene rings is 1. The summed E-state index contributed by atoms with van der Waals surface area (Å²) >= 11 is 1.97. The number of thioether (sulfide) groups is 1. The molecule has 7 heteroatoms. The van der Waals surface area contributed by atoms with Gasteiger partial charge in [-0.3, -0.25) is 9.67 Å². The lowest BCUT2D eigenvalue weighted by Crippen LogP contribution is -2.40. The molecule has 0 spiro atoms. The Morgan fingerprint density at radius 3 is 2.62 bits per heavy atom. The predicted octanol–water partition coefficient (Wildman–Crippen LogP) is 3.03. The van der Waals surface area contributed by atoms with Crippen LogP contribution in [0.3, 0.4) is 0 Å². The van der Waals surface area contributed by atoms with E-state index in [4.69, 9.17) is 0 Å². The summed E-state index contributed by atoms with van der Waals surface area (Å²) in [6.45, 7) is 1.66. The van der Waals surface area contributed by atoms with Crippen molar-refractivity contribution in [2.24, 2.45) is 12.0 Å². The van der Waals surface area contributed by atoms with Gasteiger partial charge in [-0.05, 0) is 25.0 Å². The first-order chi connectivity index (χ1) is 11.2. The molecule has 1 fully saturated rings. The van der Waals surface area contributed by atoms with E-state index in [1.54, 1.807) is 0 Å². The second-order valence-corrected chi connectivity index (χ2v) is 7.44. The monoisotopic (exact) mass is 457 g/mol. The zero-order chi connectivity index (χ0) is 16.1. The molecule has 1 aliphatic rings. The molecular weight excluding hydrogens is 433 g/mol. The van der Waals surface area contributed by atoms with E-state index in [1.165, 1.54) is 17.7 Å². The number of hydrogen-bond donors (Lipinski definition) is 2. The van der Waals surface area contributed by atoms with Crippen molar-refractivity contribution in [3.05, 3.63) is 48.3 Å². The smallest absolute Gasteiger partial charge is 0.191 e. The van der Waals surface area contributed by atoms with Crippen molar-refractivity contribution < 1.29 is 0 Å². The quantitative estimate of drug-likeness (QED) is 0.398. The van der Waals surface area contributed by atoms with Gasteiger partial charge in [0.25, 0.3) is 0 Å². The van der Waals surface area contributed by atoms with Crippen molar-refractivity contribution in [3.8, 4) is 0 Å². The lowest BCUT2D eigenvalue weighted by Gasteiger charge is -2.18. The fourth-order valence-corrected chi connectivity index (χ4v) is 3.65. The normalized spacial score (nSPS) is 15.5. The van der Waals surface area contributed by atoms with Gasteiger partial charge in [-0.25, -0.2) is 0 Å². The molecule has 2 N–H and O–H groups in total. The molecule has 1 aromatic heterocycles. The molecule has 0 unspecified atom stereocenters. The summed E-state index contributed by atoms with van der Waals surface area (Å²) in [5, 5.41) is 11.0. The number of aryl methyl sites for hydroxylation is 1. The van der Waals surface area contributed by atoms with Crippen LogP contribution in [-0.2, 0) is 13.6 Å². The number of nitrogens with zero attached hydrogens (tertiary/aromatic N) is 3. The third kappa shape index (κ3) is 5.41. The van der Waals surface area contributed by atoms with Gasteiger partial charge in [-0.1, -0.05) is 18.2 Å². The van der Waals surface area contributed by atoms with E-state index >= 15 is 0 Å². The zero-order valence-corrected chi connectivity index (χ0v) is 17.2. The number of guanidine groups is 1. The Balaban J connectivity index is 0.00000208. The van der Waals surface area contributed by atoms with E-state index in [1.807, 2.05) is 42.9 Å². The van der Waals surface area contributed by atoms with Gasteiger partial charge in [0.05, 0.1) is 6.20 Å². The van der Waals surface area contributed by atoms with Crippen LogP contribution >= 0.6 is 35.7 Å². The van der Waals surface area contributed by atoms with Crippen molar-refractivity contribution in [3.63, 3.8) is 0 Å². The summed E-state index contributed by atoms with van der Waals surface area (Å²) in [5.41, 5.74) is 1.15. The topological polar surface area (TPSA) is 54.2 Å². The van der Waals surface area contributed by atoms with E-state index in [0.717, 1.165) is 24.6 Å². The maximum atomic E-state index is 4.31. The zero-order valence-electron chi connectivity index (χ0n) is 14.0. The van der Waals surface area contributed by atoms with Crippen LogP contribution in [0.2, 0.25) is 0 Å². The minimum atomic E-state index is 0. The third-order valence-electron chi connectivity index (χ3n) is 3.91. The highest BCUT2D eigenvalue weighted by Crippen LogP contribution is 2.51. The van der Waals surface area contributed by atoms with E-state index in [0.29, 0.717) is 4.75 Å². The maximum absolute atomic E-state index is 4.31. The SMILES string of the molecule is CN=C(NCc1cnn(C)c1)NCC1(Sc2ccccc2)CC1.I. The number of rotatable bonds is 6. The molecule has 0 bridgehead atoms. The van der Waals surface area contributed by atoms with E-state index in [9.17, 15) is 0 Å². The molecule has 1 aromatic carbocycles. The summed E-state index contributed by atoms with van der Waals surface area (Å²) in [6.07, 6.45) is 6.38. The fourth-order valence-electron chi connectivity index (χ4n) is 2.41. The highest BCUT2D eigenvalue weighted by atomic mass is 127. The molecule has 3 rings (SSSR count). The molecule has 2 aromatic rings. The third-order valence-corrected chi connectivity index (χ3v) is 5.40. The van der Waals surface area contributed by atoms with Crippen LogP contribution < -0.4 is 10.6 Å². The Morgan fingerprint density at radius 1 is 1.29 bits per heavy atom. The lowest BCUT2D eigenvalue weighted by molar-refractivity contribution is 0.759. The van der Waals surface area contributed by atoms with E-state index < -0.39 is 0 Å². The highest BCUT2D eigenvalue weighted by molar-refractivity contribution is 14.0. The summed E-state index contributed by atoms with van der Waals surface area (Å²) in [6, 6.07) is 10.6. The van der Waals surface area contributed by atoms with Gasteiger partial charge in [-0.2, -0.15) is 5.10 Å². The van der Waals surface area contributed by atoms with Gasteiger partial charge in [0.1, 0.15) is 0 Å². The lowest BCUT2D eigenvalue weighted by atomic mass is 10.3. The molecule has 0 radical (unpaired) electrons. The number of nitrogens with one attached hydrogen (secondary N) is 2. The maximum Gasteiger partial charge on any atom is 0.191 e. The van der Waals surface area contributed by atoms with E-state index in [-0.39, 0.29) is 24.0 Å². The highest BCUT2D eigenvalue weighted by Gasteiger charge is 2.43. The number of aromatic nitrogens is 2. The first-order valence-electron chi connectivity index (χ1n) is 7.85. The van der Waals surface area contributed by atoms with Crippen LogP contribution in [0.1, 0.15) is 18.4 Å². The van der Waals surface area contributed by atoms with Crippen LogP contribution in [0.15, 0.2) is 52.6 Å². The Hall–Kier alpha value is -1.22. The van der Waals surface area contributed by atoms with Crippen molar-refractivity contribution in [1.29, 1.82) is 0 Å². The van der Waals surface area contributed by atoms with Crippen molar-refractivity contribution in [2.75, 3.05) is 13.6 Å². The molecule has 24 heavy (non-hydrogen) atoms. The summed E-state index contributed by atoms with van der Waals surface area (Å²) in [4.78, 5) is 5.64. The molecule has 0 atom stereocenters. The number of hydrogen-bond acceptors (Lipinski definition) is 3. The van der Waals surface area contributed by atoms with E-state index in [2.05, 4.69) is 51.1 Å². The minimum absolute atomic E-state index is 0. The molecule has 1 heterocycles. The summed E-state index contributed by atoms with van der Waals surface area (Å²) in [5.74, 6) is 0.841. The number of halogens is 1. The molecular formula is C17H24IN5S. The van der Waals surface area contributed by atoms with Gasteiger partial charge in [-0.15, -0.1) is 35.7 Å². The minimum Gasteiger partial charge on any atom is -0.355 e. The van der Waals surface area contributed by atoms with Gasteiger partial charge in [0.2, 0.25) is 0 Å². The van der Waals surface area contributed by atoms with Crippen LogP contribution in [-0.4, -0.2) is 34.1 Å². The van der Waals surface area contributed by atoms with Crippen molar-refractivity contribution in [1.82, 2.24) is 20.4 Å². The largest absolute Gasteiger partial charge is 0.355 e. The Kier molecular flexibility index (Phi) is 6.97. The van der Waals surface area contributed by atoms with Crippen molar-refractivity contribution >= 4 is 41.7 Å². The van der Waals surface area contributed by atoms with Crippen LogP contribution in [0.5, 0.6) is 0 Å². The average Bonchev–Trinajstić information content (AvgIpc) is 3.20. The van der Waals surface area contributed by atoms with Crippen LogP contribution in [0, 0.1) is 0 Å². The molecule has 0 amide bonds. The predicted molar refractivity (Wildman–Crippen MR) is 111 cm³/mol. The first kappa shape index (κ1) is 19.1. The van der Waals surface area contributed by atoms with Gasteiger partial charge in [0.15, 0.2) is 5.96 Å². The standard InChI is InChI=1S/C17H23N5S.HI/c1-18-16(19-10-14-11-21-22(2)12-14)20-13-17(8-9-17)23-15-6-4-3-5-7-15;/h3-7,11-12H,8-10,13H2,1-2H3,(H2,18,19,20);1H. The molecule has 130 valence electrons. The van der Waals surface area contributed by atoms with Crippen molar-refractivity contribution in [2.45, 2.75) is 29.0 Å². The molecule has 1 saturated carbocycles. The Morgan fingerprint density at radius 2 is 2.04 bits per heavy atom. The van der Waals surface area contributed by atoms with Gasteiger partial charge in [0, 0.05) is 48.6 Å². The molecule has 1 aliphatic carbocycles. The average molecular weight is 457 g/mol. The molecule has 5 nitrogen and oxygen atoms in total. The summed E-state index contributed by atoms with van der Waals surface area (Å²) < 4.78 is 2.12. The van der Waals surface area contributed by atoms with Gasteiger partial charge >= 0.3 is 0 Å². The van der Waals surface area contributed by atoms with Gasteiger partial charge < -0.3 is 10.6 Å². The van der Waals surface area contributed by atoms with Crippen LogP contribution in [0.25, 0.3) is 0 Å². The summed E-state index contributed by atoms with van der Waals surface area (Å²) in [7, 11) is 3.73. The second-order valence-electron chi connectivity index (χ2n) is 5.90. The fraction of sp³-hybridized carbons (Fsp3) is 0.412. The second kappa shape index (κ2) is 8.75. The molecule has 0 aliphatic heterocycles. The Bertz CT molecular complexity index is 667. The number of aliphatic imine (C=N–C) groups is 1. The molecule has 0 saturated heterocycles. The Labute approximate surface area is 164 Å².